The highest BCUT2D eigenvalue weighted by molar-refractivity contribution is 7.86. The van der Waals surface area contributed by atoms with Crippen LogP contribution in [0.1, 0.15) is 148 Å². The molecular weight excluding hydrogens is 1530 g/mol. The van der Waals surface area contributed by atoms with Crippen LogP contribution in [0.25, 0.3) is 0 Å². The number of Topliss-reactive ketones (excluding diaryl/α,β-unsaturated/α-hetero) is 2. The van der Waals surface area contributed by atoms with Crippen molar-refractivity contribution in [2.24, 2.45) is 11.8 Å². The van der Waals surface area contributed by atoms with E-state index in [4.69, 9.17) is 9.57 Å². The molecule has 0 aromatic rings. The maximum Gasteiger partial charge on any atom is 0.336 e. The number of ether oxygens (including phenoxy) is 1. The molecule has 0 aromatic carbocycles. The molecule has 8 heterocycles. The van der Waals surface area contributed by atoms with Gasteiger partial charge >= 0.3 is 23.9 Å². The van der Waals surface area contributed by atoms with Crippen molar-refractivity contribution in [1.29, 1.82) is 0 Å². The highest BCUT2D eigenvalue weighted by Gasteiger charge is 2.41. The van der Waals surface area contributed by atoms with Gasteiger partial charge in [-0.15, -0.1) is 20.3 Å². The van der Waals surface area contributed by atoms with Crippen molar-refractivity contribution >= 4 is 158 Å². The Bertz CT molecular complexity index is 4000. The number of hydrogen-bond acceptors (Lipinski definition) is 32. The summed E-state index contributed by atoms with van der Waals surface area (Å²) in [6.45, 7) is -0.326. The van der Waals surface area contributed by atoms with Crippen molar-refractivity contribution in [3.8, 4) is 0 Å². The van der Waals surface area contributed by atoms with E-state index in [0.29, 0.717) is 58.7 Å². The van der Waals surface area contributed by atoms with Gasteiger partial charge < -0.3 is 40.0 Å². The number of nitrogens with one attached hydrogen (secondary N) is 3. The minimum Gasteiger partial charge on any atom is -0.379 e. The SMILES string of the molecule is O=C(CC(CN1C(=O)C=CC1=O)S(=O)(=O)O)ON1C(=O)CCC1=O.O=C(CCC(=O)NCC(=O)CCCC(=O)ON1C(=O)CCC1=O)CNC(=O)CCCN1C(=O)C=CC1=O.O=C(CCCN1C(=O)C=CC1=O)NCCOCCC(=O)ON1C(=O)CCC1=O.O=C(ON1C(=O)CCC1=O)C1CCC(CN2C(=O)C=CC2=O)CC1. The summed E-state index contributed by atoms with van der Waals surface area (Å²) < 4.78 is 37.1. The molecule has 9 rings (SSSR count). The predicted molar refractivity (Wildman–Crippen MR) is 364 cm³/mol. The third-order valence-electron chi connectivity index (χ3n) is 17.2. The fourth-order valence-electron chi connectivity index (χ4n) is 11.1. The number of carbonyl (C=O) groups excluding carboxylic acids is 25. The Labute approximate surface area is 640 Å². The van der Waals surface area contributed by atoms with Crippen LogP contribution in [0.3, 0.4) is 0 Å². The minimum absolute atomic E-state index is 0.0110. The van der Waals surface area contributed by atoms with E-state index in [1.54, 1.807) is 0 Å². The van der Waals surface area contributed by atoms with E-state index in [9.17, 15) is 133 Å². The summed E-state index contributed by atoms with van der Waals surface area (Å²) in [6, 6.07) is 0. The maximum absolute atomic E-state index is 12.1. The van der Waals surface area contributed by atoms with Gasteiger partial charge in [0, 0.05) is 171 Å². The van der Waals surface area contributed by atoms with E-state index in [0.717, 1.165) is 34.1 Å². The van der Waals surface area contributed by atoms with Crippen molar-refractivity contribution in [3.63, 3.8) is 0 Å². The van der Waals surface area contributed by atoms with Crippen LogP contribution in [0.4, 0.5) is 0 Å². The molecule has 19 amide bonds. The maximum atomic E-state index is 12.1. The van der Waals surface area contributed by atoms with E-state index < -0.39 is 141 Å². The number of rotatable bonds is 37. The molecule has 1 saturated carbocycles. The summed E-state index contributed by atoms with van der Waals surface area (Å²) in [7, 11) is -4.82. The Balaban J connectivity index is 0.000000238. The molecule has 1 atom stereocenters. The highest BCUT2D eigenvalue weighted by atomic mass is 32.2. The van der Waals surface area contributed by atoms with Crippen LogP contribution < -0.4 is 16.0 Å². The number of amides is 19. The van der Waals surface area contributed by atoms with Gasteiger partial charge in [0.05, 0.1) is 45.1 Å². The quantitative estimate of drug-likeness (QED) is 0.0261. The van der Waals surface area contributed by atoms with Crippen molar-refractivity contribution in [1.82, 2.24) is 55.8 Å². The van der Waals surface area contributed by atoms with Gasteiger partial charge in [-0.25, -0.2) is 19.2 Å². The average Bonchev–Trinajstić information content (AvgIpc) is 1.76. The second kappa shape index (κ2) is 43.3. The first-order chi connectivity index (χ1) is 53.5. The number of carbonyl (C=O) groups is 25. The third-order valence-corrected chi connectivity index (χ3v) is 18.4. The van der Waals surface area contributed by atoms with Crippen LogP contribution >= 0.6 is 0 Å². The summed E-state index contributed by atoms with van der Waals surface area (Å²) in [5.74, 6) is -14.2. The summed E-state index contributed by atoms with van der Waals surface area (Å²) in [4.78, 5) is 311. The lowest BCUT2D eigenvalue weighted by Gasteiger charge is -2.29. The number of imide groups is 8. The standard InChI is InChI=1S/C23H28N4O10.C17H21N3O8.C16H18N2O6.C12H12N2O9S/c28-15(3-1-5-23(36)37-27-21(34)10-11-22(27)35)13-25-18(31)7-6-16(29)14-24-17(30)4-2-12-26-19(32)8-9-20(26)33;21-12(2-1-9-19-13(22)3-4-14(19)23)18-8-11-27-10-7-17(26)28-20-15(24)5-6-16(20)25;19-12-5-6-13(20)17(12)9-10-1-3-11(4-2-10)16(23)24-18-14(21)7-8-15(18)22;15-8-1-2-9(16)13(8)6-7(24(20,21)22)5-12(19)23-14-10(17)3-4-11(14)18/h8-9H,1-7,10-14H2,(H,24,30)(H,25,31);3-4H,1-2,5-11H2,(H,18,21);5-6,10-11H,1-4,7-9H2;1-2,7H,3-6H2,(H,20,21,22). The van der Waals surface area contributed by atoms with Crippen LogP contribution in [0.5, 0.6) is 0 Å². The summed E-state index contributed by atoms with van der Waals surface area (Å²) in [6.07, 6.45) is 10.5. The zero-order valence-electron chi connectivity index (χ0n) is 60.5. The zero-order valence-corrected chi connectivity index (χ0v) is 61.3. The molecule has 610 valence electrons. The Kier molecular flexibility index (Phi) is 34.2. The van der Waals surface area contributed by atoms with Crippen molar-refractivity contribution < 1.29 is 157 Å². The molecule has 0 bridgehead atoms. The molecule has 4 saturated heterocycles. The van der Waals surface area contributed by atoms with E-state index in [1.807, 2.05) is 0 Å². The van der Waals surface area contributed by atoms with Gasteiger partial charge in [0.2, 0.25) is 17.7 Å². The number of ketones is 2. The van der Waals surface area contributed by atoms with E-state index >= 15 is 0 Å². The van der Waals surface area contributed by atoms with Crippen LogP contribution in [0.15, 0.2) is 48.6 Å². The molecule has 0 radical (unpaired) electrons. The molecule has 113 heavy (non-hydrogen) atoms. The molecule has 44 nitrogen and oxygen atoms in total. The molecule has 5 fully saturated rings. The number of nitrogens with zero attached hydrogens (tertiary/aromatic N) is 8. The molecule has 1 unspecified atom stereocenters. The first kappa shape index (κ1) is 89.5. The van der Waals surface area contributed by atoms with E-state index in [-0.39, 0.29) is 207 Å². The van der Waals surface area contributed by atoms with Gasteiger partial charge in [0.15, 0.2) is 11.6 Å². The molecule has 0 spiro atoms. The van der Waals surface area contributed by atoms with Crippen molar-refractivity contribution in [2.45, 2.75) is 153 Å². The lowest BCUT2D eigenvalue weighted by molar-refractivity contribution is -0.201. The van der Waals surface area contributed by atoms with Crippen molar-refractivity contribution in [3.05, 3.63) is 48.6 Å². The molecular formula is C68H79N11O33S. The third kappa shape index (κ3) is 28.8. The molecule has 4 N–H and O–H groups in total. The molecule has 9 aliphatic rings. The zero-order chi connectivity index (χ0) is 83.2. The predicted octanol–water partition coefficient (Wildman–Crippen LogP) is -4.07. The van der Waals surface area contributed by atoms with Gasteiger partial charge in [-0.3, -0.25) is 125 Å². The lowest BCUT2D eigenvalue weighted by atomic mass is 9.82. The Morgan fingerprint density at radius 3 is 1.16 bits per heavy atom. The van der Waals surface area contributed by atoms with Gasteiger partial charge in [-0.2, -0.15) is 8.42 Å². The van der Waals surface area contributed by atoms with Crippen molar-refractivity contribution in [2.75, 3.05) is 59.0 Å². The molecule has 8 aliphatic heterocycles. The molecule has 1 aliphatic carbocycles. The first-order valence-corrected chi connectivity index (χ1v) is 36.8. The molecule has 45 heteroatoms. The van der Waals surface area contributed by atoms with Gasteiger partial charge in [0.25, 0.3) is 105 Å². The fraction of sp³-hybridized carbons (Fsp3) is 0.515. The second-order valence-electron chi connectivity index (χ2n) is 25.7. The average molecular weight is 1610 g/mol. The van der Waals surface area contributed by atoms with Crippen LogP contribution in [-0.4, -0.2) is 265 Å². The van der Waals surface area contributed by atoms with E-state index in [1.165, 1.54) is 29.2 Å². The Hall–Kier alpha value is -12.4. The number of hydrogen-bond donors (Lipinski definition) is 4. The Morgan fingerprint density at radius 2 is 0.743 bits per heavy atom. The summed E-state index contributed by atoms with van der Waals surface area (Å²) >= 11 is 0. The molecule has 0 aromatic heterocycles. The van der Waals surface area contributed by atoms with E-state index in [2.05, 4.69) is 30.5 Å². The number of hydroxylamine groups is 8. The second-order valence-corrected chi connectivity index (χ2v) is 27.4. The normalized spacial score (nSPS) is 18.8. The van der Waals surface area contributed by atoms with Gasteiger partial charge in [-0.1, -0.05) is 0 Å². The van der Waals surface area contributed by atoms with Crippen LogP contribution in [0, 0.1) is 11.8 Å². The topological polar surface area (TPSA) is 589 Å². The fourth-order valence-corrected chi connectivity index (χ4v) is 11.8. The van der Waals surface area contributed by atoms with Gasteiger partial charge in [-0.05, 0) is 50.9 Å². The van der Waals surface area contributed by atoms with Gasteiger partial charge in [0.1, 0.15) is 5.25 Å². The monoisotopic (exact) mass is 1610 g/mol. The largest absolute Gasteiger partial charge is 0.379 e. The smallest absolute Gasteiger partial charge is 0.336 e. The summed E-state index contributed by atoms with van der Waals surface area (Å²) in [5, 5.41) is 7.22. The lowest BCUT2D eigenvalue weighted by Crippen LogP contribution is -2.42. The summed E-state index contributed by atoms with van der Waals surface area (Å²) in [5.41, 5.74) is 0. The first-order valence-electron chi connectivity index (χ1n) is 35.3. The minimum atomic E-state index is -4.82. The highest BCUT2D eigenvalue weighted by Crippen LogP contribution is 2.32. The van der Waals surface area contributed by atoms with Crippen LogP contribution in [-0.2, 0) is 154 Å². The van der Waals surface area contributed by atoms with Crippen LogP contribution in [0.2, 0.25) is 0 Å². The Morgan fingerprint density at radius 1 is 0.389 bits per heavy atom.